The Bertz CT molecular complexity index is 594. The number of nitrogens with zero attached hydrogens (tertiary/aromatic N) is 3. The third kappa shape index (κ3) is 3.92. The third-order valence-corrected chi connectivity index (χ3v) is 2.72. The summed E-state index contributed by atoms with van der Waals surface area (Å²) in [6.45, 7) is 2.54. The van der Waals surface area contributed by atoms with Gasteiger partial charge in [-0.05, 0) is 31.2 Å². The topological polar surface area (TPSA) is 67.3 Å². The van der Waals surface area contributed by atoms with E-state index >= 15 is 0 Å². The number of carbonyl (C=O) groups is 1. The van der Waals surface area contributed by atoms with Crippen molar-refractivity contribution in [3.05, 3.63) is 42.2 Å². The monoisotopic (exact) mass is 286 g/mol. The molecule has 0 bridgehead atoms. The van der Waals surface area contributed by atoms with Crippen molar-refractivity contribution in [1.29, 1.82) is 0 Å². The fourth-order valence-corrected chi connectivity index (χ4v) is 1.67. The molecule has 1 heterocycles. The minimum Gasteiger partial charge on any atom is -0.494 e. The summed E-state index contributed by atoms with van der Waals surface area (Å²) in [5, 5.41) is 2.79. The molecule has 0 unspecified atom stereocenters. The van der Waals surface area contributed by atoms with Gasteiger partial charge in [-0.2, -0.15) is 0 Å². The molecule has 2 aromatic rings. The highest BCUT2D eigenvalue weighted by atomic mass is 16.5. The standard InChI is InChI=1S/C15H18N4O2/c1-4-21-13-7-5-12(6-8-13)18-14(20)11-9-16-15(17-10-11)19(2)3/h5-10H,4H2,1-3H3,(H,18,20). The first-order valence-electron chi connectivity index (χ1n) is 6.63. The van der Waals surface area contributed by atoms with Crippen molar-refractivity contribution in [1.82, 2.24) is 9.97 Å². The van der Waals surface area contributed by atoms with E-state index in [2.05, 4.69) is 15.3 Å². The second-order valence-electron chi connectivity index (χ2n) is 4.58. The van der Waals surface area contributed by atoms with Gasteiger partial charge in [0.25, 0.3) is 5.91 Å². The molecule has 1 aromatic carbocycles. The molecule has 6 heteroatoms. The van der Waals surface area contributed by atoms with Crippen LogP contribution in [-0.4, -0.2) is 36.6 Å². The highest BCUT2D eigenvalue weighted by Gasteiger charge is 2.08. The van der Waals surface area contributed by atoms with Crippen molar-refractivity contribution in [2.24, 2.45) is 0 Å². The van der Waals surface area contributed by atoms with E-state index in [9.17, 15) is 4.79 Å². The third-order valence-electron chi connectivity index (χ3n) is 2.72. The van der Waals surface area contributed by atoms with E-state index < -0.39 is 0 Å². The molecule has 1 aromatic heterocycles. The summed E-state index contributed by atoms with van der Waals surface area (Å²) < 4.78 is 5.35. The molecule has 0 saturated heterocycles. The quantitative estimate of drug-likeness (QED) is 0.912. The van der Waals surface area contributed by atoms with Crippen molar-refractivity contribution in [3.63, 3.8) is 0 Å². The SMILES string of the molecule is CCOc1ccc(NC(=O)c2cnc(N(C)C)nc2)cc1. The lowest BCUT2D eigenvalue weighted by Gasteiger charge is -2.10. The van der Waals surface area contributed by atoms with E-state index in [-0.39, 0.29) is 5.91 Å². The van der Waals surface area contributed by atoms with Gasteiger partial charge in [0, 0.05) is 32.2 Å². The summed E-state index contributed by atoms with van der Waals surface area (Å²) in [5.41, 5.74) is 1.11. The molecule has 0 atom stereocenters. The Labute approximate surface area is 123 Å². The smallest absolute Gasteiger partial charge is 0.258 e. The summed E-state index contributed by atoms with van der Waals surface area (Å²) >= 11 is 0. The van der Waals surface area contributed by atoms with Crippen LogP contribution in [0.1, 0.15) is 17.3 Å². The lowest BCUT2D eigenvalue weighted by atomic mass is 10.2. The number of ether oxygens (including phenoxy) is 1. The van der Waals surface area contributed by atoms with Crippen LogP contribution >= 0.6 is 0 Å². The molecule has 0 aliphatic carbocycles. The van der Waals surface area contributed by atoms with E-state index in [1.54, 1.807) is 17.0 Å². The molecule has 0 fully saturated rings. The van der Waals surface area contributed by atoms with Crippen molar-refractivity contribution in [2.75, 3.05) is 30.9 Å². The minimum absolute atomic E-state index is 0.246. The molecule has 0 aliphatic heterocycles. The van der Waals surface area contributed by atoms with Crippen LogP contribution in [0.2, 0.25) is 0 Å². The highest BCUT2D eigenvalue weighted by molar-refractivity contribution is 6.03. The van der Waals surface area contributed by atoms with Crippen LogP contribution in [0.5, 0.6) is 5.75 Å². The van der Waals surface area contributed by atoms with Crippen molar-refractivity contribution < 1.29 is 9.53 Å². The van der Waals surface area contributed by atoms with E-state index in [0.29, 0.717) is 23.8 Å². The fourth-order valence-electron chi connectivity index (χ4n) is 1.67. The van der Waals surface area contributed by atoms with Gasteiger partial charge >= 0.3 is 0 Å². The molecule has 1 N–H and O–H groups in total. The number of aromatic nitrogens is 2. The molecule has 0 spiro atoms. The van der Waals surface area contributed by atoms with Crippen LogP contribution in [0.4, 0.5) is 11.6 Å². The first-order valence-corrected chi connectivity index (χ1v) is 6.63. The Morgan fingerprint density at radius 1 is 1.19 bits per heavy atom. The highest BCUT2D eigenvalue weighted by Crippen LogP contribution is 2.16. The van der Waals surface area contributed by atoms with E-state index in [4.69, 9.17) is 4.74 Å². The molecule has 0 saturated carbocycles. The molecule has 2 rings (SSSR count). The van der Waals surface area contributed by atoms with Gasteiger partial charge in [0.1, 0.15) is 5.75 Å². The van der Waals surface area contributed by atoms with Gasteiger partial charge in [0.2, 0.25) is 5.95 Å². The van der Waals surface area contributed by atoms with Crippen LogP contribution in [0.3, 0.4) is 0 Å². The largest absolute Gasteiger partial charge is 0.494 e. The average Bonchev–Trinajstić information content (AvgIpc) is 2.49. The van der Waals surface area contributed by atoms with Gasteiger partial charge in [0.05, 0.1) is 12.2 Å². The van der Waals surface area contributed by atoms with Gasteiger partial charge in [0.15, 0.2) is 0 Å². The number of benzene rings is 1. The molecule has 0 aliphatic rings. The molecule has 110 valence electrons. The number of nitrogens with one attached hydrogen (secondary N) is 1. The van der Waals surface area contributed by atoms with Crippen LogP contribution in [0.25, 0.3) is 0 Å². The summed E-state index contributed by atoms with van der Waals surface area (Å²) in [5.74, 6) is 1.09. The number of carbonyl (C=O) groups excluding carboxylic acids is 1. The Morgan fingerprint density at radius 3 is 2.33 bits per heavy atom. The van der Waals surface area contributed by atoms with Gasteiger partial charge < -0.3 is 15.0 Å². The zero-order chi connectivity index (χ0) is 15.2. The zero-order valence-corrected chi connectivity index (χ0v) is 12.3. The number of hydrogen-bond acceptors (Lipinski definition) is 5. The maximum atomic E-state index is 12.1. The van der Waals surface area contributed by atoms with Crippen LogP contribution in [0, 0.1) is 0 Å². The maximum Gasteiger partial charge on any atom is 0.258 e. The van der Waals surface area contributed by atoms with E-state index in [0.717, 1.165) is 5.75 Å². The Kier molecular flexibility index (Phi) is 4.71. The van der Waals surface area contributed by atoms with Gasteiger partial charge in [-0.15, -0.1) is 0 Å². The predicted molar refractivity (Wildman–Crippen MR) is 81.9 cm³/mol. The normalized spacial score (nSPS) is 10.0. The van der Waals surface area contributed by atoms with Crippen LogP contribution in [0.15, 0.2) is 36.7 Å². The van der Waals surface area contributed by atoms with Gasteiger partial charge in [-0.1, -0.05) is 0 Å². The van der Waals surface area contributed by atoms with E-state index in [1.165, 1.54) is 12.4 Å². The fraction of sp³-hybridized carbons (Fsp3) is 0.267. The average molecular weight is 286 g/mol. The number of amides is 1. The second kappa shape index (κ2) is 6.69. The summed E-state index contributed by atoms with van der Waals surface area (Å²) in [4.78, 5) is 22.1. The second-order valence-corrected chi connectivity index (χ2v) is 4.58. The molecular formula is C15H18N4O2. The lowest BCUT2D eigenvalue weighted by molar-refractivity contribution is 0.102. The minimum atomic E-state index is -0.246. The maximum absolute atomic E-state index is 12.1. The molecule has 1 amide bonds. The predicted octanol–water partition coefficient (Wildman–Crippen LogP) is 2.19. The number of rotatable bonds is 5. The van der Waals surface area contributed by atoms with Crippen molar-refractivity contribution in [2.45, 2.75) is 6.92 Å². The first kappa shape index (κ1) is 14.8. The molecule has 21 heavy (non-hydrogen) atoms. The Balaban J connectivity index is 2.03. The zero-order valence-electron chi connectivity index (χ0n) is 12.3. The first-order chi connectivity index (χ1) is 10.1. The molecular weight excluding hydrogens is 268 g/mol. The van der Waals surface area contributed by atoms with Gasteiger partial charge in [-0.25, -0.2) is 9.97 Å². The van der Waals surface area contributed by atoms with Crippen molar-refractivity contribution in [3.8, 4) is 5.75 Å². The van der Waals surface area contributed by atoms with Crippen LogP contribution < -0.4 is 15.0 Å². The van der Waals surface area contributed by atoms with Crippen molar-refractivity contribution >= 4 is 17.5 Å². The van der Waals surface area contributed by atoms with E-state index in [1.807, 2.05) is 33.2 Å². The summed E-state index contributed by atoms with van der Waals surface area (Å²) in [6.07, 6.45) is 3.01. The van der Waals surface area contributed by atoms with Gasteiger partial charge in [-0.3, -0.25) is 4.79 Å². The van der Waals surface area contributed by atoms with Crippen LogP contribution in [-0.2, 0) is 0 Å². The number of hydrogen-bond donors (Lipinski definition) is 1. The Morgan fingerprint density at radius 2 is 1.81 bits per heavy atom. The summed E-state index contributed by atoms with van der Waals surface area (Å²) in [7, 11) is 3.68. The summed E-state index contributed by atoms with van der Waals surface area (Å²) in [6, 6.07) is 7.20. The molecule has 6 nitrogen and oxygen atoms in total. The lowest BCUT2D eigenvalue weighted by Crippen LogP contribution is -2.16. The number of anilines is 2. The Hall–Kier alpha value is -2.63. The molecule has 0 radical (unpaired) electrons.